The number of nitrogens with zero attached hydrogens (tertiary/aromatic N) is 4. The van der Waals surface area contributed by atoms with Crippen molar-refractivity contribution in [1.29, 1.82) is 0 Å². The summed E-state index contributed by atoms with van der Waals surface area (Å²) in [5.74, 6) is 1.84. The lowest BCUT2D eigenvalue weighted by atomic mass is 10.0. The number of hydrogen-bond donors (Lipinski definition) is 0. The van der Waals surface area contributed by atoms with Crippen LogP contribution in [-0.2, 0) is 0 Å². The summed E-state index contributed by atoms with van der Waals surface area (Å²) < 4.78 is 2.26. The molecule has 0 saturated heterocycles. The lowest BCUT2D eigenvalue weighted by Crippen LogP contribution is -2.76. The van der Waals surface area contributed by atoms with E-state index < -0.39 is 8.07 Å². The molecule has 6 heteroatoms. The van der Waals surface area contributed by atoms with Crippen LogP contribution in [0.1, 0.15) is 0 Å². The van der Waals surface area contributed by atoms with Crippen LogP contribution in [0.5, 0.6) is 0 Å². The van der Waals surface area contributed by atoms with E-state index in [0.717, 1.165) is 44.1 Å². The first-order chi connectivity index (χ1) is 28.3. The van der Waals surface area contributed by atoms with Crippen molar-refractivity contribution in [2.45, 2.75) is 9.79 Å². The lowest BCUT2D eigenvalue weighted by Gasteiger charge is -2.39. The van der Waals surface area contributed by atoms with E-state index in [1.165, 1.54) is 30.5 Å². The largest absolute Gasteiger partial charge is 0.278 e. The highest BCUT2D eigenvalue weighted by atomic mass is 32.2. The fraction of sp³-hybridized carbons (Fsp3) is 0. The van der Waals surface area contributed by atoms with Crippen molar-refractivity contribution >= 4 is 62.4 Å². The molecule has 11 rings (SSSR count). The highest BCUT2D eigenvalue weighted by molar-refractivity contribution is 8.00. The van der Waals surface area contributed by atoms with Crippen molar-refractivity contribution < 1.29 is 0 Å². The molecule has 0 spiro atoms. The van der Waals surface area contributed by atoms with E-state index >= 15 is 0 Å². The predicted octanol–water partition coefficient (Wildman–Crippen LogP) is 9.81. The van der Waals surface area contributed by atoms with Gasteiger partial charge in [-0.15, -0.1) is 0 Å². The Morgan fingerprint density at radius 2 is 0.912 bits per heavy atom. The van der Waals surface area contributed by atoms with E-state index in [9.17, 15) is 0 Å². The first kappa shape index (κ1) is 33.5. The Morgan fingerprint density at radius 1 is 0.368 bits per heavy atom. The molecule has 1 aliphatic heterocycles. The Balaban J connectivity index is 1.21. The zero-order valence-corrected chi connectivity index (χ0v) is 32.6. The predicted molar refractivity (Wildman–Crippen MR) is 238 cm³/mol. The third-order valence-electron chi connectivity index (χ3n) is 11.2. The summed E-state index contributed by atoms with van der Waals surface area (Å²) in [6, 6.07) is 74.2. The molecular weight excluding hydrogens is 729 g/mol. The number of rotatable bonds is 6. The van der Waals surface area contributed by atoms with Gasteiger partial charge >= 0.3 is 0 Å². The van der Waals surface area contributed by atoms with Crippen LogP contribution < -0.4 is 20.7 Å². The van der Waals surface area contributed by atoms with Crippen LogP contribution in [0.3, 0.4) is 0 Å². The van der Waals surface area contributed by atoms with Crippen LogP contribution in [0.2, 0.25) is 0 Å². The minimum atomic E-state index is -2.82. The van der Waals surface area contributed by atoms with Crippen LogP contribution in [0.15, 0.2) is 216 Å². The van der Waals surface area contributed by atoms with Crippen LogP contribution in [0.25, 0.3) is 61.7 Å². The number of hydrogen-bond acceptors (Lipinski definition) is 4. The van der Waals surface area contributed by atoms with Gasteiger partial charge in [-0.25, -0.2) is 4.98 Å². The van der Waals surface area contributed by atoms with E-state index in [-0.39, 0.29) is 0 Å². The Morgan fingerprint density at radius 3 is 1.63 bits per heavy atom. The first-order valence-corrected chi connectivity index (χ1v) is 22.0. The van der Waals surface area contributed by atoms with Crippen molar-refractivity contribution in [2.75, 3.05) is 0 Å². The molecule has 57 heavy (non-hydrogen) atoms. The van der Waals surface area contributed by atoms with Gasteiger partial charge in [-0.1, -0.05) is 188 Å². The van der Waals surface area contributed by atoms with E-state index in [0.29, 0.717) is 17.6 Å². The molecule has 10 aromatic rings. The van der Waals surface area contributed by atoms with E-state index in [4.69, 9.17) is 15.0 Å². The minimum absolute atomic E-state index is 0.586. The maximum Gasteiger partial charge on any atom is 0.238 e. The van der Waals surface area contributed by atoms with Gasteiger partial charge in [-0.3, -0.25) is 4.57 Å². The van der Waals surface area contributed by atoms with E-state index in [1.54, 1.807) is 0 Å². The van der Waals surface area contributed by atoms with Gasteiger partial charge in [0.15, 0.2) is 19.7 Å². The fourth-order valence-corrected chi connectivity index (χ4v) is 15.6. The van der Waals surface area contributed by atoms with Gasteiger partial charge in [0.05, 0.1) is 11.0 Å². The molecule has 8 aromatic carbocycles. The molecule has 0 bridgehead atoms. The number of benzene rings is 8. The summed E-state index contributed by atoms with van der Waals surface area (Å²) >= 11 is 1.88. The van der Waals surface area contributed by atoms with Crippen molar-refractivity contribution in [1.82, 2.24) is 19.5 Å². The monoisotopic (exact) mass is 762 g/mol. The zero-order valence-electron chi connectivity index (χ0n) is 30.8. The molecule has 0 aliphatic carbocycles. The molecule has 268 valence electrons. The summed E-state index contributed by atoms with van der Waals surface area (Å²) in [4.78, 5) is 18.4. The highest BCUT2D eigenvalue weighted by Gasteiger charge is 2.47. The van der Waals surface area contributed by atoms with Gasteiger partial charge in [-0.05, 0) is 62.2 Å². The molecule has 1 aliphatic rings. The van der Waals surface area contributed by atoms with Crippen LogP contribution in [0.4, 0.5) is 0 Å². The lowest BCUT2D eigenvalue weighted by molar-refractivity contribution is 0.953. The van der Waals surface area contributed by atoms with Gasteiger partial charge in [-0.2, -0.15) is 9.97 Å². The topological polar surface area (TPSA) is 43.6 Å². The van der Waals surface area contributed by atoms with Crippen molar-refractivity contribution in [3.8, 4) is 39.9 Å². The van der Waals surface area contributed by atoms with Crippen LogP contribution in [-0.4, -0.2) is 27.6 Å². The Hall–Kier alpha value is -6.86. The second-order valence-electron chi connectivity index (χ2n) is 14.4. The average Bonchev–Trinajstić information content (AvgIpc) is 3.63. The molecule has 3 heterocycles. The molecular formula is C51H34N4SSi. The average molecular weight is 763 g/mol. The molecule has 2 aromatic heterocycles. The minimum Gasteiger partial charge on any atom is -0.278 e. The molecule has 0 radical (unpaired) electrons. The van der Waals surface area contributed by atoms with Gasteiger partial charge in [0, 0.05) is 31.7 Å². The number of fused-ring (bicyclic) bond motifs is 5. The van der Waals surface area contributed by atoms with Gasteiger partial charge in [0.25, 0.3) is 0 Å². The maximum absolute atomic E-state index is 5.34. The van der Waals surface area contributed by atoms with Crippen LogP contribution in [0, 0.1) is 0 Å². The van der Waals surface area contributed by atoms with Gasteiger partial charge < -0.3 is 0 Å². The smallest absolute Gasteiger partial charge is 0.238 e. The third kappa shape index (κ3) is 5.48. The number of aromatic nitrogens is 4. The number of para-hydroxylation sites is 1. The fourth-order valence-electron chi connectivity index (χ4n) is 8.67. The Labute approximate surface area is 336 Å². The molecule has 0 atom stereocenters. The Kier molecular flexibility index (Phi) is 8.05. The van der Waals surface area contributed by atoms with Gasteiger partial charge in [0.1, 0.15) is 0 Å². The van der Waals surface area contributed by atoms with Crippen LogP contribution >= 0.6 is 11.8 Å². The summed E-state index contributed by atoms with van der Waals surface area (Å²) in [6.45, 7) is 0. The first-order valence-electron chi connectivity index (χ1n) is 19.2. The quantitative estimate of drug-likeness (QED) is 0.158. The van der Waals surface area contributed by atoms with Crippen molar-refractivity contribution in [3.63, 3.8) is 0 Å². The third-order valence-corrected chi connectivity index (χ3v) is 17.6. The maximum atomic E-state index is 5.34. The molecule has 0 unspecified atom stereocenters. The highest BCUT2D eigenvalue weighted by Crippen LogP contribution is 2.36. The second kappa shape index (κ2) is 13.7. The summed E-state index contributed by atoms with van der Waals surface area (Å²) in [6.07, 6.45) is 0. The zero-order chi connectivity index (χ0) is 37.8. The summed E-state index contributed by atoms with van der Waals surface area (Å²) in [7, 11) is -2.82. The standard InChI is InChI=1S/C51H34N4SSi/c1-4-17-35(18-5-1)37-21-16-22-38(33-37)50-52-49(36-19-6-2-7-20-36)53-51(54-50)55-43-26-11-10-25-41(43)42-32-31-40(34-44(42)55)57(39-23-8-3-9-24-39)47-29-14-12-27-45(47)56-46-28-13-15-30-48(46)57/h1-34H. The van der Waals surface area contributed by atoms with Gasteiger partial charge in [0.2, 0.25) is 5.95 Å². The molecule has 0 N–H and O–H groups in total. The second-order valence-corrected chi connectivity index (χ2v) is 19.2. The van der Waals surface area contributed by atoms with Crippen molar-refractivity contribution in [3.05, 3.63) is 206 Å². The SMILES string of the molecule is c1ccc(-c2cccc(-c3nc(-c4ccccc4)nc(-n4c5ccccc5c5ccc([Si]6(c7ccccc7)c7ccccc7Sc7ccccc76)cc54)n3)c2)cc1. The van der Waals surface area contributed by atoms with E-state index in [1.807, 2.05) is 36.0 Å². The summed E-state index contributed by atoms with van der Waals surface area (Å²) in [5, 5.41) is 7.82. The molecule has 0 amide bonds. The molecule has 0 fully saturated rings. The Bertz CT molecular complexity index is 3060. The van der Waals surface area contributed by atoms with E-state index in [2.05, 4.69) is 187 Å². The van der Waals surface area contributed by atoms with Crippen molar-refractivity contribution in [2.24, 2.45) is 0 Å². The summed E-state index contributed by atoms with van der Waals surface area (Å²) in [5.41, 5.74) is 6.24. The molecule has 4 nitrogen and oxygen atoms in total. The molecule has 0 saturated carbocycles. The normalized spacial score (nSPS) is 13.0.